The van der Waals surface area contributed by atoms with Crippen molar-refractivity contribution in [1.29, 1.82) is 0 Å². The fraction of sp³-hybridized carbons (Fsp3) is 0.467. The number of ketones is 1. The second-order valence-corrected chi connectivity index (χ2v) is 4.42. The number of carbonyl (C=O) groups is 2. The average molecular weight is 264 g/mol. The molecule has 0 bridgehead atoms. The molecule has 0 aliphatic rings. The highest BCUT2D eigenvalue weighted by Crippen LogP contribution is 2.18. The molecule has 0 radical (unpaired) electrons. The topological polar surface area (TPSA) is 52.6 Å². The summed E-state index contributed by atoms with van der Waals surface area (Å²) >= 11 is 0. The molecule has 1 aromatic rings. The van der Waals surface area contributed by atoms with Crippen molar-refractivity contribution in [3.8, 4) is 5.75 Å². The first kappa shape index (κ1) is 15.2. The summed E-state index contributed by atoms with van der Waals surface area (Å²) in [6, 6.07) is 7.04. The van der Waals surface area contributed by atoms with Crippen molar-refractivity contribution in [2.75, 3.05) is 13.7 Å². The van der Waals surface area contributed by atoms with Crippen molar-refractivity contribution in [3.05, 3.63) is 29.8 Å². The average Bonchev–Trinajstić information content (AvgIpc) is 2.44. The number of esters is 1. The molecule has 0 aromatic heterocycles. The van der Waals surface area contributed by atoms with Crippen molar-refractivity contribution >= 4 is 11.8 Å². The van der Waals surface area contributed by atoms with Crippen LogP contribution in [-0.4, -0.2) is 25.5 Å². The molecule has 104 valence electrons. The first-order valence-corrected chi connectivity index (χ1v) is 6.42. The van der Waals surface area contributed by atoms with Crippen LogP contribution in [0, 0.1) is 5.92 Å². The van der Waals surface area contributed by atoms with Gasteiger partial charge < -0.3 is 9.47 Å². The highest BCUT2D eigenvalue weighted by Gasteiger charge is 2.19. The minimum Gasteiger partial charge on any atom is -0.494 e. The fourth-order valence-electron chi connectivity index (χ4n) is 1.67. The summed E-state index contributed by atoms with van der Waals surface area (Å²) in [7, 11) is 1.32. The fourth-order valence-corrected chi connectivity index (χ4v) is 1.67. The number of hydrogen-bond donors (Lipinski definition) is 0. The van der Waals surface area contributed by atoms with Crippen LogP contribution < -0.4 is 4.74 Å². The molecule has 1 atom stereocenters. The number of carbonyl (C=O) groups excluding carboxylic acids is 2. The van der Waals surface area contributed by atoms with Crippen LogP contribution in [0.15, 0.2) is 24.3 Å². The van der Waals surface area contributed by atoms with E-state index >= 15 is 0 Å². The van der Waals surface area contributed by atoms with Gasteiger partial charge in [-0.25, -0.2) is 0 Å². The molecule has 1 rings (SSSR count). The molecular formula is C15H20O4. The summed E-state index contributed by atoms with van der Waals surface area (Å²) in [5.41, 5.74) is 0.560. The lowest BCUT2D eigenvalue weighted by molar-refractivity contribution is -0.141. The van der Waals surface area contributed by atoms with E-state index in [1.54, 1.807) is 25.1 Å². The van der Waals surface area contributed by atoms with Crippen molar-refractivity contribution < 1.29 is 19.1 Å². The normalized spacial score (nSPS) is 11.7. The maximum Gasteiger partial charge on any atom is 0.306 e. The van der Waals surface area contributed by atoms with E-state index in [-0.39, 0.29) is 18.2 Å². The molecule has 0 aliphatic heterocycles. The molecule has 0 heterocycles. The summed E-state index contributed by atoms with van der Waals surface area (Å²) in [4.78, 5) is 23.3. The third-order valence-electron chi connectivity index (χ3n) is 2.74. The van der Waals surface area contributed by atoms with Crippen molar-refractivity contribution in [3.63, 3.8) is 0 Å². The summed E-state index contributed by atoms with van der Waals surface area (Å²) in [6.07, 6.45) is 1.01. The Bertz CT molecular complexity index is 440. The predicted octanol–water partition coefficient (Wildman–Crippen LogP) is 2.86. The highest BCUT2D eigenvalue weighted by molar-refractivity contribution is 5.99. The van der Waals surface area contributed by atoms with E-state index in [9.17, 15) is 9.59 Å². The van der Waals surface area contributed by atoms with Crippen LogP contribution in [0.5, 0.6) is 5.75 Å². The lowest BCUT2D eigenvalue weighted by Crippen LogP contribution is -2.16. The van der Waals surface area contributed by atoms with Gasteiger partial charge in [0, 0.05) is 11.5 Å². The lowest BCUT2D eigenvalue weighted by Gasteiger charge is -2.10. The van der Waals surface area contributed by atoms with Crippen molar-refractivity contribution in [2.24, 2.45) is 5.92 Å². The number of rotatable bonds is 7. The zero-order valence-corrected chi connectivity index (χ0v) is 11.6. The molecule has 0 amide bonds. The maximum absolute atomic E-state index is 12.2. The predicted molar refractivity (Wildman–Crippen MR) is 72.4 cm³/mol. The smallest absolute Gasteiger partial charge is 0.306 e. The Morgan fingerprint density at radius 1 is 1.32 bits per heavy atom. The van der Waals surface area contributed by atoms with E-state index in [4.69, 9.17) is 4.74 Å². The van der Waals surface area contributed by atoms with Crippen molar-refractivity contribution in [1.82, 2.24) is 0 Å². The Hall–Kier alpha value is -1.84. The Labute approximate surface area is 113 Å². The Morgan fingerprint density at radius 3 is 2.68 bits per heavy atom. The van der Waals surface area contributed by atoms with Gasteiger partial charge in [-0.15, -0.1) is 0 Å². The lowest BCUT2D eigenvalue weighted by atomic mass is 9.96. The van der Waals surface area contributed by atoms with E-state index in [0.717, 1.165) is 6.42 Å². The SMILES string of the molecule is CCCOc1cccc(C(=O)C(C)CC(=O)OC)c1. The molecule has 0 saturated heterocycles. The largest absolute Gasteiger partial charge is 0.494 e. The molecule has 4 nitrogen and oxygen atoms in total. The monoisotopic (exact) mass is 264 g/mol. The third kappa shape index (κ3) is 4.73. The summed E-state index contributed by atoms with van der Waals surface area (Å²) < 4.78 is 10.1. The Morgan fingerprint density at radius 2 is 2.05 bits per heavy atom. The second-order valence-electron chi connectivity index (χ2n) is 4.42. The van der Waals surface area contributed by atoms with Gasteiger partial charge in [0.15, 0.2) is 5.78 Å². The number of hydrogen-bond acceptors (Lipinski definition) is 4. The van der Waals surface area contributed by atoms with Gasteiger partial charge in [0.25, 0.3) is 0 Å². The van der Waals surface area contributed by atoms with Crippen molar-refractivity contribution in [2.45, 2.75) is 26.7 Å². The summed E-state index contributed by atoms with van der Waals surface area (Å²) in [5, 5.41) is 0. The number of Topliss-reactive ketones (excluding diaryl/α,β-unsaturated/α-hetero) is 1. The molecule has 1 aromatic carbocycles. The number of benzene rings is 1. The van der Waals surface area contributed by atoms with Crippen LogP contribution >= 0.6 is 0 Å². The van der Waals surface area contributed by atoms with E-state index in [1.165, 1.54) is 7.11 Å². The van der Waals surface area contributed by atoms with Crippen LogP contribution in [-0.2, 0) is 9.53 Å². The van der Waals surface area contributed by atoms with E-state index < -0.39 is 5.92 Å². The van der Waals surface area contributed by atoms with Gasteiger partial charge in [0.2, 0.25) is 0 Å². The van der Waals surface area contributed by atoms with E-state index in [1.807, 2.05) is 13.0 Å². The quantitative estimate of drug-likeness (QED) is 0.561. The standard InChI is InChI=1S/C15H20O4/c1-4-8-19-13-7-5-6-12(10-13)15(17)11(2)9-14(16)18-3/h5-7,10-11H,4,8-9H2,1-3H3. The van der Waals surface area contributed by atoms with Crippen LogP contribution in [0.25, 0.3) is 0 Å². The van der Waals surface area contributed by atoms with E-state index in [2.05, 4.69) is 4.74 Å². The Balaban J connectivity index is 2.73. The van der Waals surface area contributed by atoms with Gasteiger partial charge in [-0.05, 0) is 18.6 Å². The zero-order valence-electron chi connectivity index (χ0n) is 11.6. The van der Waals surface area contributed by atoms with Crippen LogP contribution in [0.1, 0.15) is 37.0 Å². The number of ether oxygens (including phenoxy) is 2. The molecule has 0 spiro atoms. The van der Waals surface area contributed by atoms with E-state index in [0.29, 0.717) is 17.9 Å². The first-order valence-electron chi connectivity index (χ1n) is 6.42. The molecule has 4 heteroatoms. The minimum absolute atomic E-state index is 0.0765. The van der Waals surface area contributed by atoms with Crippen LogP contribution in [0.3, 0.4) is 0 Å². The third-order valence-corrected chi connectivity index (χ3v) is 2.74. The van der Waals surface area contributed by atoms with Gasteiger partial charge in [-0.2, -0.15) is 0 Å². The molecule has 1 unspecified atom stereocenters. The molecule has 0 fully saturated rings. The molecular weight excluding hydrogens is 244 g/mol. The first-order chi connectivity index (χ1) is 9.08. The molecule has 0 saturated carbocycles. The van der Waals surface area contributed by atoms with Crippen LogP contribution in [0.2, 0.25) is 0 Å². The Kier molecular flexibility index (Phi) is 6.06. The molecule has 0 aliphatic carbocycles. The minimum atomic E-state index is -0.395. The summed E-state index contributed by atoms with van der Waals surface area (Å²) in [6.45, 7) is 4.36. The zero-order chi connectivity index (χ0) is 14.3. The maximum atomic E-state index is 12.2. The molecule has 19 heavy (non-hydrogen) atoms. The van der Waals surface area contributed by atoms with Gasteiger partial charge in [0.1, 0.15) is 5.75 Å². The highest BCUT2D eigenvalue weighted by atomic mass is 16.5. The van der Waals surface area contributed by atoms with Gasteiger partial charge in [-0.3, -0.25) is 9.59 Å². The molecule has 0 N–H and O–H groups in total. The van der Waals surface area contributed by atoms with Gasteiger partial charge in [0.05, 0.1) is 20.1 Å². The van der Waals surface area contributed by atoms with Gasteiger partial charge >= 0.3 is 5.97 Å². The number of methoxy groups -OCH3 is 1. The van der Waals surface area contributed by atoms with Gasteiger partial charge in [-0.1, -0.05) is 26.0 Å². The van der Waals surface area contributed by atoms with Crippen LogP contribution in [0.4, 0.5) is 0 Å². The second kappa shape index (κ2) is 7.56. The summed E-state index contributed by atoms with van der Waals surface area (Å²) in [5.74, 6) is -0.168.